The number of carbonyl (C=O) groups excluding carboxylic acids is 1. The Morgan fingerprint density at radius 2 is 1.90 bits per heavy atom. The van der Waals surface area contributed by atoms with Crippen LogP contribution in [-0.4, -0.2) is 36.0 Å². The standard InChI is InChI=1S/C17H24N2O2/c18-13-10-11-19(12-13)17(20)15-8-4-5-9-16(15)21-14-6-2-1-3-7-14/h4-5,8-9,13-14H,1-3,6-7,10-12,18H2/t13-/m0/s1. The Morgan fingerprint density at radius 1 is 1.14 bits per heavy atom. The Hall–Kier alpha value is -1.55. The zero-order chi connectivity index (χ0) is 14.7. The fourth-order valence-electron chi connectivity index (χ4n) is 3.25. The van der Waals surface area contributed by atoms with Gasteiger partial charge in [-0.15, -0.1) is 0 Å². The number of rotatable bonds is 3. The molecule has 2 N–H and O–H groups in total. The SMILES string of the molecule is N[C@H]1CCN(C(=O)c2ccccc2OC2CCCCC2)C1. The Bertz CT molecular complexity index is 497. The van der Waals surface area contributed by atoms with Crippen LogP contribution >= 0.6 is 0 Å². The summed E-state index contributed by atoms with van der Waals surface area (Å²) in [4.78, 5) is 14.5. The summed E-state index contributed by atoms with van der Waals surface area (Å²) in [7, 11) is 0. The highest BCUT2D eigenvalue weighted by atomic mass is 16.5. The van der Waals surface area contributed by atoms with Crippen molar-refractivity contribution >= 4 is 5.91 Å². The van der Waals surface area contributed by atoms with Gasteiger partial charge in [-0.05, 0) is 44.2 Å². The van der Waals surface area contributed by atoms with Crippen molar-refractivity contribution in [2.75, 3.05) is 13.1 Å². The first-order valence-corrected chi connectivity index (χ1v) is 8.04. The fraction of sp³-hybridized carbons (Fsp3) is 0.588. The molecule has 1 saturated carbocycles. The number of nitrogens with zero attached hydrogens (tertiary/aromatic N) is 1. The van der Waals surface area contributed by atoms with Crippen molar-refractivity contribution in [1.82, 2.24) is 4.90 Å². The number of likely N-dealkylation sites (tertiary alicyclic amines) is 1. The predicted octanol–water partition coefficient (Wildman–Crippen LogP) is 2.57. The summed E-state index contributed by atoms with van der Waals surface area (Å²) < 4.78 is 6.12. The Morgan fingerprint density at radius 3 is 2.62 bits per heavy atom. The van der Waals surface area contributed by atoms with Crippen LogP contribution in [0.3, 0.4) is 0 Å². The molecule has 1 heterocycles. The topological polar surface area (TPSA) is 55.6 Å². The average molecular weight is 288 g/mol. The van der Waals surface area contributed by atoms with Crippen LogP contribution in [0.25, 0.3) is 0 Å². The number of ether oxygens (including phenoxy) is 1. The molecule has 4 heteroatoms. The molecule has 1 aromatic carbocycles. The number of amides is 1. The largest absolute Gasteiger partial charge is 0.490 e. The van der Waals surface area contributed by atoms with Crippen molar-refractivity contribution in [2.45, 2.75) is 50.7 Å². The van der Waals surface area contributed by atoms with Crippen LogP contribution in [0.15, 0.2) is 24.3 Å². The maximum atomic E-state index is 12.6. The molecule has 114 valence electrons. The molecule has 1 aliphatic heterocycles. The quantitative estimate of drug-likeness (QED) is 0.930. The van der Waals surface area contributed by atoms with Gasteiger partial charge < -0.3 is 15.4 Å². The maximum absolute atomic E-state index is 12.6. The van der Waals surface area contributed by atoms with E-state index in [0.29, 0.717) is 12.1 Å². The molecule has 3 rings (SSSR count). The molecule has 0 bridgehead atoms. The Balaban J connectivity index is 1.74. The fourth-order valence-corrected chi connectivity index (χ4v) is 3.25. The number of nitrogens with two attached hydrogens (primary N) is 1. The van der Waals surface area contributed by atoms with Crippen molar-refractivity contribution in [3.05, 3.63) is 29.8 Å². The third-order valence-corrected chi connectivity index (χ3v) is 4.48. The lowest BCUT2D eigenvalue weighted by atomic mass is 9.97. The van der Waals surface area contributed by atoms with E-state index in [-0.39, 0.29) is 18.1 Å². The van der Waals surface area contributed by atoms with Crippen LogP contribution in [0.4, 0.5) is 0 Å². The van der Waals surface area contributed by atoms with Gasteiger partial charge in [0, 0.05) is 19.1 Å². The van der Waals surface area contributed by atoms with Gasteiger partial charge in [0.25, 0.3) is 5.91 Å². The molecular weight excluding hydrogens is 264 g/mol. The molecule has 1 atom stereocenters. The van der Waals surface area contributed by atoms with Crippen LogP contribution in [0.1, 0.15) is 48.9 Å². The van der Waals surface area contributed by atoms with Gasteiger partial charge >= 0.3 is 0 Å². The van der Waals surface area contributed by atoms with E-state index in [2.05, 4.69) is 0 Å². The highest BCUT2D eigenvalue weighted by Gasteiger charge is 2.27. The molecule has 1 amide bonds. The lowest BCUT2D eigenvalue weighted by Crippen LogP contribution is -2.32. The van der Waals surface area contributed by atoms with Crippen LogP contribution in [0.2, 0.25) is 0 Å². The van der Waals surface area contributed by atoms with Gasteiger partial charge in [0.2, 0.25) is 0 Å². The number of benzene rings is 1. The van der Waals surface area contributed by atoms with E-state index < -0.39 is 0 Å². The minimum absolute atomic E-state index is 0.0503. The van der Waals surface area contributed by atoms with E-state index in [1.165, 1.54) is 19.3 Å². The van der Waals surface area contributed by atoms with Crippen LogP contribution in [0.5, 0.6) is 5.75 Å². The van der Waals surface area contributed by atoms with Crippen molar-refractivity contribution < 1.29 is 9.53 Å². The zero-order valence-electron chi connectivity index (χ0n) is 12.5. The summed E-state index contributed by atoms with van der Waals surface area (Å²) in [6.45, 7) is 1.40. The van der Waals surface area contributed by atoms with E-state index in [1.807, 2.05) is 29.2 Å². The van der Waals surface area contributed by atoms with E-state index in [0.717, 1.165) is 31.6 Å². The number of hydrogen-bond donors (Lipinski definition) is 1. The average Bonchev–Trinajstić information content (AvgIpc) is 2.95. The van der Waals surface area contributed by atoms with Gasteiger partial charge in [0.05, 0.1) is 11.7 Å². The van der Waals surface area contributed by atoms with Crippen molar-refractivity contribution in [2.24, 2.45) is 5.73 Å². The van der Waals surface area contributed by atoms with Crippen LogP contribution in [-0.2, 0) is 0 Å². The zero-order valence-corrected chi connectivity index (χ0v) is 12.5. The van der Waals surface area contributed by atoms with E-state index in [4.69, 9.17) is 10.5 Å². The lowest BCUT2D eigenvalue weighted by molar-refractivity contribution is 0.0780. The number of hydrogen-bond acceptors (Lipinski definition) is 3. The molecule has 2 aliphatic rings. The van der Waals surface area contributed by atoms with Gasteiger partial charge in [-0.3, -0.25) is 4.79 Å². The second kappa shape index (κ2) is 6.48. The first-order chi connectivity index (χ1) is 10.2. The first kappa shape index (κ1) is 14.4. The number of para-hydroxylation sites is 1. The first-order valence-electron chi connectivity index (χ1n) is 8.04. The van der Waals surface area contributed by atoms with Crippen LogP contribution in [0, 0.1) is 0 Å². The summed E-state index contributed by atoms with van der Waals surface area (Å²) in [5.74, 6) is 0.782. The van der Waals surface area contributed by atoms with Gasteiger partial charge in [0.15, 0.2) is 0 Å². The molecule has 21 heavy (non-hydrogen) atoms. The van der Waals surface area contributed by atoms with Crippen LogP contribution < -0.4 is 10.5 Å². The molecule has 1 saturated heterocycles. The van der Waals surface area contributed by atoms with E-state index in [1.54, 1.807) is 0 Å². The minimum atomic E-state index is 0.0503. The molecular formula is C17H24N2O2. The number of carbonyl (C=O) groups is 1. The highest BCUT2D eigenvalue weighted by Crippen LogP contribution is 2.27. The Kier molecular flexibility index (Phi) is 4.44. The van der Waals surface area contributed by atoms with E-state index in [9.17, 15) is 4.79 Å². The summed E-state index contributed by atoms with van der Waals surface area (Å²) in [5, 5.41) is 0. The second-order valence-electron chi connectivity index (χ2n) is 6.17. The van der Waals surface area contributed by atoms with Gasteiger partial charge in [-0.2, -0.15) is 0 Å². The molecule has 2 fully saturated rings. The lowest BCUT2D eigenvalue weighted by Gasteiger charge is -2.25. The smallest absolute Gasteiger partial charge is 0.257 e. The van der Waals surface area contributed by atoms with Gasteiger partial charge in [-0.25, -0.2) is 0 Å². The monoisotopic (exact) mass is 288 g/mol. The molecule has 0 spiro atoms. The molecule has 4 nitrogen and oxygen atoms in total. The molecule has 0 unspecified atom stereocenters. The summed E-state index contributed by atoms with van der Waals surface area (Å²) in [6.07, 6.45) is 7.08. The summed E-state index contributed by atoms with van der Waals surface area (Å²) >= 11 is 0. The minimum Gasteiger partial charge on any atom is -0.490 e. The second-order valence-corrected chi connectivity index (χ2v) is 6.17. The third kappa shape index (κ3) is 3.38. The molecule has 0 aromatic heterocycles. The summed E-state index contributed by atoms with van der Waals surface area (Å²) in [6, 6.07) is 7.73. The molecule has 1 aliphatic carbocycles. The predicted molar refractivity (Wildman–Crippen MR) is 82.4 cm³/mol. The van der Waals surface area contributed by atoms with Gasteiger partial charge in [-0.1, -0.05) is 18.6 Å². The Labute approximate surface area is 126 Å². The van der Waals surface area contributed by atoms with Crippen molar-refractivity contribution in [3.63, 3.8) is 0 Å². The highest BCUT2D eigenvalue weighted by molar-refractivity contribution is 5.97. The maximum Gasteiger partial charge on any atom is 0.257 e. The molecule has 0 radical (unpaired) electrons. The third-order valence-electron chi connectivity index (χ3n) is 4.48. The normalized spacial score (nSPS) is 23.3. The van der Waals surface area contributed by atoms with E-state index >= 15 is 0 Å². The van der Waals surface area contributed by atoms with Gasteiger partial charge in [0.1, 0.15) is 5.75 Å². The van der Waals surface area contributed by atoms with Crippen molar-refractivity contribution in [3.8, 4) is 5.75 Å². The molecule has 1 aromatic rings. The summed E-state index contributed by atoms with van der Waals surface area (Å²) in [5.41, 5.74) is 6.58. The van der Waals surface area contributed by atoms with Crippen molar-refractivity contribution in [1.29, 1.82) is 0 Å².